The number of aromatic hydroxyl groups is 1. The first-order valence-corrected chi connectivity index (χ1v) is 9.34. The Labute approximate surface area is 159 Å². The SMILES string of the molecule is CCOc1cc(C2CC(=O)Nc3ccc4ccccc4c32)cc(Br)c1O. The standard InChI is InChI=1S/C21H18BrNO3/c1-2-26-18-10-13(9-16(22)21(18)25)15-11-19(24)23-17-8-7-12-5-3-4-6-14(12)20(15)17/h3-10,15,25H,2,11H2,1H3,(H,23,24). The van der Waals surface area contributed by atoms with Crippen molar-refractivity contribution in [3.05, 3.63) is 64.1 Å². The summed E-state index contributed by atoms with van der Waals surface area (Å²) in [6.07, 6.45) is 0.351. The topological polar surface area (TPSA) is 58.6 Å². The predicted molar refractivity (Wildman–Crippen MR) is 106 cm³/mol. The summed E-state index contributed by atoms with van der Waals surface area (Å²) in [4.78, 5) is 12.3. The Morgan fingerprint density at radius 1 is 1.23 bits per heavy atom. The minimum Gasteiger partial charge on any atom is -0.503 e. The molecule has 1 heterocycles. The Bertz CT molecular complexity index is 1020. The first kappa shape index (κ1) is 16.9. The van der Waals surface area contributed by atoms with E-state index in [1.807, 2.05) is 43.3 Å². The first-order chi connectivity index (χ1) is 12.6. The van der Waals surface area contributed by atoms with Crippen molar-refractivity contribution >= 4 is 38.3 Å². The van der Waals surface area contributed by atoms with Gasteiger partial charge in [-0.1, -0.05) is 30.3 Å². The summed E-state index contributed by atoms with van der Waals surface area (Å²) in [5.41, 5.74) is 2.88. The van der Waals surface area contributed by atoms with Crippen LogP contribution in [0.1, 0.15) is 30.4 Å². The van der Waals surface area contributed by atoms with Gasteiger partial charge in [0.05, 0.1) is 11.1 Å². The molecule has 1 amide bonds. The molecule has 1 unspecified atom stereocenters. The summed E-state index contributed by atoms with van der Waals surface area (Å²) in [5.74, 6) is 0.375. The number of hydrogen-bond acceptors (Lipinski definition) is 3. The normalized spacial score (nSPS) is 16.2. The Balaban J connectivity index is 1.94. The van der Waals surface area contributed by atoms with Gasteiger partial charge in [-0.05, 0) is 63.0 Å². The van der Waals surface area contributed by atoms with Crippen molar-refractivity contribution < 1.29 is 14.6 Å². The number of hydrogen-bond donors (Lipinski definition) is 2. The number of phenolic OH excluding ortho intramolecular Hbond substituents is 1. The van der Waals surface area contributed by atoms with Crippen LogP contribution in [0.5, 0.6) is 11.5 Å². The minimum atomic E-state index is -0.110. The van der Waals surface area contributed by atoms with E-state index in [1.54, 1.807) is 0 Å². The maximum atomic E-state index is 12.3. The zero-order valence-electron chi connectivity index (χ0n) is 14.3. The number of ether oxygens (including phenoxy) is 1. The molecule has 0 fully saturated rings. The van der Waals surface area contributed by atoms with Crippen molar-refractivity contribution in [2.24, 2.45) is 0 Å². The fraction of sp³-hybridized carbons (Fsp3) is 0.190. The number of carbonyl (C=O) groups excluding carboxylic acids is 1. The molecule has 0 radical (unpaired) electrons. The maximum absolute atomic E-state index is 12.3. The number of rotatable bonds is 3. The zero-order chi connectivity index (χ0) is 18.3. The molecule has 4 rings (SSSR count). The number of anilines is 1. The highest BCUT2D eigenvalue weighted by Gasteiger charge is 2.29. The molecule has 3 aromatic carbocycles. The first-order valence-electron chi connectivity index (χ1n) is 8.55. The fourth-order valence-corrected chi connectivity index (χ4v) is 4.07. The van der Waals surface area contributed by atoms with E-state index in [4.69, 9.17) is 4.74 Å². The second kappa shape index (κ2) is 6.65. The Morgan fingerprint density at radius 3 is 2.85 bits per heavy atom. The lowest BCUT2D eigenvalue weighted by molar-refractivity contribution is -0.116. The van der Waals surface area contributed by atoms with Crippen LogP contribution in [0.2, 0.25) is 0 Å². The third kappa shape index (κ3) is 2.82. The Hall–Kier alpha value is -2.53. The van der Waals surface area contributed by atoms with E-state index in [1.165, 1.54) is 0 Å². The summed E-state index contributed by atoms with van der Waals surface area (Å²) < 4.78 is 6.13. The molecule has 0 saturated heterocycles. The van der Waals surface area contributed by atoms with Crippen molar-refractivity contribution in [3.8, 4) is 11.5 Å². The highest BCUT2D eigenvalue weighted by molar-refractivity contribution is 9.10. The lowest BCUT2D eigenvalue weighted by atomic mass is 9.82. The average Bonchev–Trinajstić information content (AvgIpc) is 2.64. The molecule has 0 aliphatic carbocycles. The van der Waals surface area contributed by atoms with Gasteiger partial charge in [0, 0.05) is 18.0 Å². The molecular formula is C21H18BrNO3. The number of benzene rings is 3. The zero-order valence-corrected chi connectivity index (χ0v) is 15.8. The summed E-state index contributed by atoms with van der Waals surface area (Å²) in [6, 6.07) is 15.9. The Morgan fingerprint density at radius 2 is 2.04 bits per heavy atom. The molecular weight excluding hydrogens is 394 g/mol. The van der Waals surface area contributed by atoms with Gasteiger partial charge in [0.25, 0.3) is 0 Å². The van der Waals surface area contributed by atoms with E-state index >= 15 is 0 Å². The molecule has 0 aromatic heterocycles. The van der Waals surface area contributed by atoms with Gasteiger partial charge in [-0.25, -0.2) is 0 Å². The van der Waals surface area contributed by atoms with Gasteiger partial charge in [-0.2, -0.15) is 0 Å². The molecule has 4 nitrogen and oxygen atoms in total. The van der Waals surface area contributed by atoms with E-state index in [-0.39, 0.29) is 17.6 Å². The number of carbonyl (C=O) groups is 1. The van der Waals surface area contributed by atoms with Crippen LogP contribution in [-0.2, 0) is 4.79 Å². The van der Waals surface area contributed by atoms with Crippen LogP contribution in [0.25, 0.3) is 10.8 Å². The van der Waals surface area contributed by atoms with Crippen LogP contribution >= 0.6 is 15.9 Å². The third-order valence-corrected chi connectivity index (χ3v) is 5.34. The number of phenols is 1. The van der Waals surface area contributed by atoms with E-state index in [0.717, 1.165) is 27.6 Å². The van der Waals surface area contributed by atoms with Crippen LogP contribution in [0.4, 0.5) is 5.69 Å². The lowest BCUT2D eigenvalue weighted by Crippen LogP contribution is -2.23. The maximum Gasteiger partial charge on any atom is 0.225 e. The smallest absolute Gasteiger partial charge is 0.225 e. The van der Waals surface area contributed by atoms with Gasteiger partial charge in [0.1, 0.15) is 0 Å². The molecule has 2 N–H and O–H groups in total. The largest absolute Gasteiger partial charge is 0.503 e. The molecule has 5 heteroatoms. The van der Waals surface area contributed by atoms with Crippen molar-refractivity contribution in [2.45, 2.75) is 19.3 Å². The second-order valence-electron chi connectivity index (χ2n) is 6.34. The van der Waals surface area contributed by atoms with Crippen LogP contribution in [0.3, 0.4) is 0 Å². The monoisotopic (exact) mass is 411 g/mol. The summed E-state index contributed by atoms with van der Waals surface area (Å²) in [7, 11) is 0. The van der Waals surface area contributed by atoms with Gasteiger partial charge in [-0.15, -0.1) is 0 Å². The highest BCUT2D eigenvalue weighted by Crippen LogP contribution is 2.45. The minimum absolute atomic E-state index is 0.0139. The lowest BCUT2D eigenvalue weighted by Gasteiger charge is -2.28. The van der Waals surface area contributed by atoms with Gasteiger partial charge < -0.3 is 15.2 Å². The average molecular weight is 412 g/mol. The highest BCUT2D eigenvalue weighted by atomic mass is 79.9. The molecule has 26 heavy (non-hydrogen) atoms. The molecule has 132 valence electrons. The summed E-state index contributed by atoms with van der Waals surface area (Å²) in [5, 5.41) is 15.5. The van der Waals surface area contributed by atoms with Crippen molar-refractivity contribution in [3.63, 3.8) is 0 Å². The number of amides is 1. The van der Waals surface area contributed by atoms with Gasteiger partial charge in [0.15, 0.2) is 11.5 Å². The molecule has 1 aliphatic heterocycles. The molecule has 3 aromatic rings. The second-order valence-corrected chi connectivity index (χ2v) is 7.19. The molecule has 0 spiro atoms. The van der Waals surface area contributed by atoms with Crippen molar-refractivity contribution in [2.75, 3.05) is 11.9 Å². The summed E-state index contributed by atoms with van der Waals surface area (Å²) in [6.45, 7) is 2.32. The van der Waals surface area contributed by atoms with Gasteiger partial charge in [-0.3, -0.25) is 4.79 Å². The number of halogens is 1. The Kier molecular flexibility index (Phi) is 4.32. The molecule has 0 saturated carbocycles. The van der Waals surface area contributed by atoms with E-state index in [2.05, 4.69) is 33.4 Å². The number of nitrogens with one attached hydrogen (secondary N) is 1. The van der Waals surface area contributed by atoms with Crippen LogP contribution in [0.15, 0.2) is 53.0 Å². The van der Waals surface area contributed by atoms with E-state index in [9.17, 15) is 9.90 Å². The van der Waals surface area contributed by atoms with E-state index < -0.39 is 0 Å². The molecule has 1 aliphatic rings. The van der Waals surface area contributed by atoms with Crippen molar-refractivity contribution in [1.82, 2.24) is 0 Å². The third-order valence-electron chi connectivity index (χ3n) is 4.74. The van der Waals surface area contributed by atoms with Gasteiger partial charge >= 0.3 is 0 Å². The quantitative estimate of drug-likeness (QED) is 0.623. The molecule has 0 bridgehead atoms. The van der Waals surface area contributed by atoms with Crippen LogP contribution < -0.4 is 10.1 Å². The number of fused-ring (bicyclic) bond motifs is 3. The van der Waals surface area contributed by atoms with Crippen LogP contribution in [0, 0.1) is 0 Å². The van der Waals surface area contributed by atoms with Crippen LogP contribution in [-0.4, -0.2) is 17.6 Å². The fourth-order valence-electron chi connectivity index (χ4n) is 3.61. The van der Waals surface area contributed by atoms with Gasteiger partial charge in [0.2, 0.25) is 5.91 Å². The predicted octanol–water partition coefficient (Wildman–Crippen LogP) is 5.18. The van der Waals surface area contributed by atoms with E-state index in [0.29, 0.717) is 23.2 Å². The molecule has 1 atom stereocenters. The summed E-state index contributed by atoms with van der Waals surface area (Å²) >= 11 is 3.41. The van der Waals surface area contributed by atoms with Crippen molar-refractivity contribution in [1.29, 1.82) is 0 Å².